The molecule has 1 spiro atoms. The van der Waals surface area contributed by atoms with Crippen molar-refractivity contribution in [2.24, 2.45) is 5.41 Å². The molecule has 1 N–H and O–H groups in total. The standard InChI is InChI=1S/C15H18N2O4S/c1-4-5-16-13-17-10(7-22-13)14(3)8-15(12(19)21-14)6-9(2)20-11(15)18/h4,7,9H,1,5-6,8H2,2-3H3,(H,16,17)/t9-,14-,15+/m0/s1. The van der Waals surface area contributed by atoms with Gasteiger partial charge in [0.25, 0.3) is 0 Å². The van der Waals surface area contributed by atoms with Gasteiger partial charge in [0.15, 0.2) is 16.1 Å². The molecule has 0 saturated carbocycles. The SMILES string of the molecule is C=CCNc1nc([C@]2(C)C[C@@]3(C[C@H](C)OC3=O)C(=O)O2)cs1. The maximum absolute atomic E-state index is 12.3. The van der Waals surface area contributed by atoms with E-state index in [0.717, 1.165) is 5.13 Å². The lowest BCUT2D eigenvalue weighted by atomic mass is 9.78. The van der Waals surface area contributed by atoms with Crippen molar-refractivity contribution in [3.8, 4) is 0 Å². The van der Waals surface area contributed by atoms with E-state index in [1.165, 1.54) is 11.3 Å². The molecule has 0 radical (unpaired) electrons. The van der Waals surface area contributed by atoms with Crippen LogP contribution in [-0.4, -0.2) is 29.6 Å². The fraction of sp³-hybridized carbons (Fsp3) is 0.533. The molecular weight excluding hydrogens is 304 g/mol. The summed E-state index contributed by atoms with van der Waals surface area (Å²) < 4.78 is 10.7. The minimum Gasteiger partial charge on any atom is -0.462 e. The van der Waals surface area contributed by atoms with Crippen molar-refractivity contribution in [3.05, 3.63) is 23.7 Å². The van der Waals surface area contributed by atoms with E-state index < -0.39 is 23.0 Å². The van der Waals surface area contributed by atoms with E-state index in [-0.39, 0.29) is 12.5 Å². The van der Waals surface area contributed by atoms with Crippen molar-refractivity contribution in [1.82, 2.24) is 4.98 Å². The number of ether oxygens (including phenoxy) is 2. The average Bonchev–Trinajstić information content (AvgIpc) is 3.08. The summed E-state index contributed by atoms with van der Waals surface area (Å²) >= 11 is 1.43. The lowest BCUT2D eigenvalue weighted by Crippen LogP contribution is -2.31. The number of aromatic nitrogens is 1. The number of hydrogen-bond acceptors (Lipinski definition) is 7. The van der Waals surface area contributed by atoms with Crippen LogP contribution in [0.3, 0.4) is 0 Å². The van der Waals surface area contributed by atoms with Crippen molar-refractivity contribution >= 4 is 28.4 Å². The molecule has 3 atom stereocenters. The highest BCUT2D eigenvalue weighted by molar-refractivity contribution is 7.13. The summed E-state index contributed by atoms with van der Waals surface area (Å²) in [4.78, 5) is 28.9. The van der Waals surface area contributed by atoms with Gasteiger partial charge in [-0.05, 0) is 13.8 Å². The van der Waals surface area contributed by atoms with E-state index in [9.17, 15) is 9.59 Å². The van der Waals surface area contributed by atoms with Crippen molar-refractivity contribution in [1.29, 1.82) is 0 Å². The smallest absolute Gasteiger partial charge is 0.324 e. The number of nitrogens with one attached hydrogen (secondary N) is 1. The van der Waals surface area contributed by atoms with E-state index >= 15 is 0 Å². The third kappa shape index (κ3) is 2.20. The van der Waals surface area contributed by atoms with Crippen LogP contribution in [0.4, 0.5) is 5.13 Å². The first-order valence-electron chi connectivity index (χ1n) is 7.15. The zero-order chi connectivity index (χ0) is 16.0. The van der Waals surface area contributed by atoms with Gasteiger partial charge in [-0.3, -0.25) is 9.59 Å². The van der Waals surface area contributed by atoms with Crippen LogP contribution in [0.5, 0.6) is 0 Å². The number of carbonyl (C=O) groups is 2. The Bertz CT molecular complexity index is 643. The fourth-order valence-corrected chi connectivity index (χ4v) is 3.95. The molecule has 2 aliphatic rings. The summed E-state index contributed by atoms with van der Waals surface area (Å²) in [5, 5.41) is 5.68. The lowest BCUT2D eigenvalue weighted by molar-refractivity contribution is -0.160. The number of carbonyl (C=O) groups excluding carboxylic acids is 2. The van der Waals surface area contributed by atoms with Crippen molar-refractivity contribution in [3.63, 3.8) is 0 Å². The van der Waals surface area contributed by atoms with E-state index in [0.29, 0.717) is 18.7 Å². The Balaban J connectivity index is 1.86. The summed E-state index contributed by atoms with van der Waals surface area (Å²) in [6, 6.07) is 0. The van der Waals surface area contributed by atoms with Crippen LogP contribution in [-0.2, 0) is 24.7 Å². The molecule has 1 aromatic heterocycles. The molecule has 2 fully saturated rings. The highest BCUT2D eigenvalue weighted by atomic mass is 32.1. The van der Waals surface area contributed by atoms with Gasteiger partial charge in [0.2, 0.25) is 0 Å². The second-order valence-corrected chi connectivity index (χ2v) is 6.86. The maximum atomic E-state index is 12.3. The highest BCUT2D eigenvalue weighted by Crippen LogP contribution is 2.52. The zero-order valence-corrected chi connectivity index (χ0v) is 13.4. The van der Waals surface area contributed by atoms with Crippen LogP contribution in [0.2, 0.25) is 0 Å². The number of thiazole rings is 1. The molecule has 3 rings (SSSR count). The van der Waals surface area contributed by atoms with Gasteiger partial charge in [-0.2, -0.15) is 0 Å². The molecule has 22 heavy (non-hydrogen) atoms. The van der Waals surface area contributed by atoms with Gasteiger partial charge >= 0.3 is 11.9 Å². The summed E-state index contributed by atoms with van der Waals surface area (Å²) in [5.41, 5.74) is -1.42. The molecule has 0 bridgehead atoms. The quantitative estimate of drug-likeness (QED) is 0.520. The molecule has 0 aromatic carbocycles. The summed E-state index contributed by atoms with van der Waals surface area (Å²) in [7, 11) is 0. The molecule has 0 aliphatic carbocycles. The van der Waals surface area contributed by atoms with Gasteiger partial charge in [0, 0.05) is 24.8 Å². The second kappa shape index (κ2) is 5.08. The Hall–Kier alpha value is -1.89. The number of hydrogen-bond donors (Lipinski definition) is 1. The molecule has 118 valence electrons. The molecule has 3 heterocycles. The Morgan fingerprint density at radius 2 is 2.32 bits per heavy atom. The number of cyclic esters (lactones) is 2. The minimum atomic E-state index is -1.17. The maximum Gasteiger partial charge on any atom is 0.324 e. The van der Waals surface area contributed by atoms with Gasteiger partial charge in [-0.1, -0.05) is 6.08 Å². The molecule has 1 aromatic rings. The molecule has 0 amide bonds. The molecule has 0 unspecified atom stereocenters. The van der Waals surface area contributed by atoms with Crippen LogP contribution >= 0.6 is 11.3 Å². The first-order chi connectivity index (χ1) is 10.4. The van der Waals surface area contributed by atoms with Crippen LogP contribution in [0.15, 0.2) is 18.0 Å². The molecule has 7 heteroatoms. The Morgan fingerprint density at radius 1 is 1.55 bits per heavy atom. The summed E-state index contributed by atoms with van der Waals surface area (Å²) in [6.45, 7) is 7.83. The van der Waals surface area contributed by atoms with Gasteiger partial charge in [0.1, 0.15) is 6.10 Å². The largest absolute Gasteiger partial charge is 0.462 e. The fourth-order valence-electron chi connectivity index (χ4n) is 3.11. The van der Waals surface area contributed by atoms with Gasteiger partial charge < -0.3 is 14.8 Å². The number of rotatable bonds is 4. The predicted octanol–water partition coefficient (Wildman–Crippen LogP) is 2.22. The van der Waals surface area contributed by atoms with Crippen molar-refractivity contribution in [2.45, 2.75) is 38.4 Å². The molecular formula is C15H18N2O4S. The number of anilines is 1. The van der Waals surface area contributed by atoms with Crippen molar-refractivity contribution < 1.29 is 19.1 Å². The van der Waals surface area contributed by atoms with E-state index in [1.54, 1.807) is 19.9 Å². The van der Waals surface area contributed by atoms with Gasteiger partial charge in [-0.15, -0.1) is 17.9 Å². The van der Waals surface area contributed by atoms with E-state index in [1.807, 2.05) is 5.38 Å². The normalized spacial score (nSPS) is 33.8. The third-order valence-corrected chi connectivity index (χ3v) is 4.93. The lowest BCUT2D eigenvalue weighted by Gasteiger charge is -2.20. The highest BCUT2D eigenvalue weighted by Gasteiger charge is 2.65. The number of nitrogens with zero attached hydrogens (tertiary/aromatic N) is 1. The molecule has 6 nitrogen and oxygen atoms in total. The monoisotopic (exact) mass is 322 g/mol. The van der Waals surface area contributed by atoms with Gasteiger partial charge in [0.05, 0.1) is 5.69 Å². The summed E-state index contributed by atoms with van der Waals surface area (Å²) in [5.74, 6) is -0.980. The average molecular weight is 322 g/mol. The van der Waals surface area contributed by atoms with E-state index in [4.69, 9.17) is 9.47 Å². The minimum absolute atomic E-state index is 0.261. The Labute approximate surface area is 132 Å². The van der Waals surface area contributed by atoms with Crippen molar-refractivity contribution in [2.75, 3.05) is 11.9 Å². The first kappa shape index (κ1) is 15.0. The molecule has 2 aliphatic heterocycles. The predicted molar refractivity (Wildman–Crippen MR) is 81.5 cm³/mol. The van der Waals surface area contributed by atoms with Gasteiger partial charge in [-0.25, -0.2) is 4.98 Å². The first-order valence-corrected chi connectivity index (χ1v) is 8.03. The van der Waals surface area contributed by atoms with Crippen LogP contribution < -0.4 is 5.32 Å². The van der Waals surface area contributed by atoms with Crippen LogP contribution in [0.1, 0.15) is 32.4 Å². The molecule has 2 saturated heterocycles. The van der Waals surface area contributed by atoms with Crippen LogP contribution in [0, 0.1) is 5.41 Å². The second-order valence-electron chi connectivity index (χ2n) is 6.01. The Morgan fingerprint density at radius 3 is 2.95 bits per heavy atom. The zero-order valence-electron chi connectivity index (χ0n) is 12.5. The topological polar surface area (TPSA) is 77.5 Å². The van der Waals surface area contributed by atoms with E-state index in [2.05, 4.69) is 16.9 Å². The number of esters is 2. The van der Waals surface area contributed by atoms with Crippen LogP contribution in [0.25, 0.3) is 0 Å². The summed E-state index contributed by atoms with van der Waals surface area (Å²) in [6.07, 6.45) is 2.12. The third-order valence-electron chi connectivity index (χ3n) is 4.13. The Kier molecular flexibility index (Phi) is 3.47.